The van der Waals surface area contributed by atoms with Gasteiger partial charge >= 0.3 is 6.18 Å². The Bertz CT molecular complexity index is 1280. The summed E-state index contributed by atoms with van der Waals surface area (Å²) in [4.78, 5) is 27.5. The third-order valence-electron chi connectivity index (χ3n) is 5.91. The van der Waals surface area contributed by atoms with Gasteiger partial charge in [-0.25, -0.2) is 8.42 Å². The largest absolute Gasteiger partial charge is 0.421 e. The van der Waals surface area contributed by atoms with Crippen LogP contribution in [-0.2, 0) is 31.6 Å². The van der Waals surface area contributed by atoms with Gasteiger partial charge in [0.15, 0.2) is 15.4 Å². The molecule has 0 aromatic heterocycles. The molecule has 3 rings (SSSR count). The molecule has 0 bridgehead atoms. The molecule has 2 unspecified atom stereocenters. The van der Waals surface area contributed by atoms with E-state index in [1.54, 1.807) is 0 Å². The fourth-order valence-electron chi connectivity index (χ4n) is 3.90. The van der Waals surface area contributed by atoms with Crippen LogP contribution in [0.3, 0.4) is 0 Å². The number of hydrogen-bond acceptors (Lipinski definition) is 6. The second-order valence-electron chi connectivity index (χ2n) is 9.68. The van der Waals surface area contributed by atoms with E-state index in [4.69, 9.17) is 0 Å². The van der Waals surface area contributed by atoms with Gasteiger partial charge in [-0.15, -0.1) is 0 Å². The summed E-state index contributed by atoms with van der Waals surface area (Å²) >= 11 is 0. The van der Waals surface area contributed by atoms with Crippen molar-refractivity contribution in [2.45, 2.75) is 62.1 Å². The van der Waals surface area contributed by atoms with Crippen molar-refractivity contribution in [1.82, 2.24) is 4.90 Å². The van der Waals surface area contributed by atoms with Gasteiger partial charge < -0.3 is 20.4 Å². The van der Waals surface area contributed by atoms with Gasteiger partial charge in [-0.1, -0.05) is 18.2 Å². The number of benzene rings is 2. The first kappa shape index (κ1) is 27.6. The number of nitrogens with zero attached hydrogens (tertiary/aromatic N) is 1. The predicted molar refractivity (Wildman–Crippen MR) is 124 cm³/mol. The van der Waals surface area contributed by atoms with Crippen LogP contribution in [0.5, 0.6) is 0 Å². The second kappa shape index (κ2) is 9.16. The molecule has 2 atom stereocenters. The molecule has 0 aliphatic carbocycles. The van der Waals surface area contributed by atoms with Crippen molar-refractivity contribution in [3.8, 4) is 0 Å². The number of alkyl halides is 3. The molecule has 196 valence electrons. The molecule has 1 aliphatic rings. The first-order valence-corrected chi connectivity index (χ1v) is 12.8. The number of aliphatic hydroxyl groups is 2. The number of sulfone groups is 1. The highest BCUT2D eigenvalue weighted by Crippen LogP contribution is 2.39. The van der Waals surface area contributed by atoms with E-state index in [-0.39, 0.29) is 23.5 Å². The maximum Gasteiger partial charge on any atom is 0.421 e. The Labute approximate surface area is 206 Å². The van der Waals surface area contributed by atoms with Crippen molar-refractivity contribution in [3.63, 3.8) is 0 Å². The number of nitrogens with one attached hydrogen (secondary N) is 1. The lowest BCUT2D eigenvalue weighted by molar-refractivity contribution is -0.258. The molecule has 0 spiro atoms. The first-order valence-electron chi connectivity index (χ1n) is 10.9. The molecule has 8 nitrogen and oxygen atoms in total. The minimum Gasteiger partial charge on any atom is -0.390 e. The van der Waals surface area contributed by atoms with E-state index in [1.807, 2.05) is 0 Å². The lowest BCUT2D eigenvalue weighted by atomic mass is 9.95. The Morgan fingerprint density at radius 2 is 1.64 bits per heavy atom. The fourth-order valence-corrected chi connectivity index (χ4v) is 4.57. The zero-order valence-corrected chi connectivity index (χ0v) is 20.9. The highest BCUT2D eigenvalue weighted by molar-refractivity contribution is 7.90. The summed E-state index contributed by atoms with van der Waals surface area (Å²) in [5.74, 6) is -1.23. The number of rotatable bonds is 6. The van der Waals surface area contributed by atoms with Crippen LogP contribution >= 0.6 is 0 Å². The molecular weight excluding hydrogens is 501 g/mol. The zero-order valence-electron chi connectivity index (χ0n) is 20.0. The quantitative estimate of drug-likeness (QED) is 0.530. The van der Waals surface area contributed by atoms with Crippen molar-refractivity contribution >= 4 is 27.3 Å². The molecule has 2 aromatic rings. The van der Waals surface area contributed by atoms with Gasteiger partial charge in [0.2, 0.25) is 5.91 Å². The van der Waals surface area contributed by atoms with Crippen molar-refractivity contribution in [2.24, 2.45) is 0 Å². The topological polar surface area (TPSA) is 124 Å². The second-order valence-corrected chi connectivity index (χ2v) is 11.7. The van der Waals surface area contributed by atoms with Gasteiger partial charge in [0.05, 0.1) is 16.9 Å². The maximum absolute atomic E-state index is 13.3. The maximum atomic E-state index is 13.3. The number of halogens is 3. The average molecular weight is 529 g/mol. The summed E-state index contributed by atoms with van der Waals surface area (Å²) < 4.78 is 63.2. The molecule has 12 heteroatoms. The monoisotopic (exact) mass is 528 g/mol. The summed E-state index contributed by atoms with van der Waals surface area (Å²) in [5, 5.41) is 22.5. The van der Waals surface area contributed by atoms with Crippen LogP contribution in [0, 0.1) is 0 Å². The summed E-state index contributed by atoms with van der Waals surface area (Å²) in [6, 6.07) is 7.43. The van der Waals surface area contributed by atoms with E-state index in [9.17, 15) is 41.4 Å². The highest BCUT2D eigenvalue weighted by Gasteiger charge is 2.51. The Balaban J connectivity index is 1.93. The number of carbonyl (C=O) groups is 2. The fraction of sp³-hybridized carbons (Fsp3) is 0.417. The van der Waals surface area contributed by atoms with Crippen molar-refractivity contribution < 1.29 is 41.4 Å². The number of anilines is 1. The van der Waals surface area contributed by atoms with Gasteiger partial charge in [-0.05, 0) is 61.7 Å². The van der Waals surface area contributed by atoms with E-state index in [0.717, 1.165) is 18.4 Å². The van der Waals surface area contributed by atoms with Crippen molar-refractivity contribution in [3.05, 3.63) is 59.2 Å². The molecule has 0 saturated carbocycles. The summed E-state index contributed by atoms with van der Waals surface area (Å²) in [6.07, 6.45) is -4.17. The van der Waals surface area contributed by atoms with Gasteiger partial charge in [0, 0.05) is 18.5 Å². The van der Waals surface area contributed by atoms with Crippen LogP contribution in [0.4, 0.5) is 18.9 Å². The first-order chi connectivity index (χ1) is 16.3. The van der Waals surface area contributed by atoms with E-state index in [0.29, 0.717) is 18.1 Å². The molecule has 1 aliphatic heterocycles. The molecule has 1 heterocycles. The number of carbonyl (C=O) groups excluding carboxylic acids is 2. The zero-order chi connectivity index (χ0) is 27.3. The number of amides is 2. The molecule has 36 heavy (non-hydrogen) atoms. The standard InChI is InChI=1S/C24H27F3N2O6S/c1-22(2,32)12-19(30)29-13-14-11-17(36(4,34)35)9-10-18(14)20(29)21(31)28-16-7-5-15(6-8-16)23(3,33)24(25,26)27/h5-11,20,32-33H,12-13H2,1-4H3,(H,28,31). The lowest BCUT2D eigenvalue weighted by Crippen LogP contribution is -2.40. The van der Waals surface area contributed by atoms with E-state index < -0.39 is 50.6 Å². The number of hydrogen-bond donors (Lipinski definition) is 3. The minimum absolute atomic E-state index is 0.0181. The number of fused-ring (bicyclic) bond motifs is 1. The third kappa shape index (κ3) is 5.71. The van der Waals surface area contributed by atoms with Gasteiger partial charge in [0.1, 0.15) is 6.04 Å². The van der Waals surface area contributed by atoms with Crippen LogP contribution in [0.15, 0.2) is 47.4 Å². The van der Waals surface area contributed by atoms with Crippen molar-refractivity contribution in [2.75, 3.05) is 11.6 Å². The normalized spacial score (nSPS) is 17.9. The Kier molecular flexibility index (Phi) is 7.03. The Morgan fingerprint density at radius 3 is 2.14 bits per heavy atom. The molecule has 0 radical (unpaired) electrons. The SMILES string of the molecule is CC(C)(O)CC(=O)N1Cc2cc(S(C)(=O)=O)ccc2C1C(=O)Nc1ccc(C(C)(O)C(F)(F)F)cc1. The van der Waals surface area contributed by atoms with Crippen molar-refractivity contribution in [1.29, 1.82) is 0 Å². The van der Waals surface area contributed by atoms with Crippen LogP contribution < -0.4 is 5.32 Å². The van der Waals surface area contributed by atoms with Crippen LogP contribution in [0.1, 0.15) is 49.9 Å². The van der Waals surface area contributed by atoms with E-state index in [2.05, 4.69) is 5.32 Å². The van der Waals surface area contributed by atoms with E-state index >= 15 is 0 Å². The molecule has 3 N–H and O–H groups in total. The van der Waals surface area contributed by atoms with Gasteiger partial charge in [0.25, 0.3) is 5.91 Å². The lowest BCUT2D eigenvalue weighted by Gasteiger charge is -2.28. The molecule has 2 amide bonds. The Hall–Kier alpha value is -2.96. The average Bonchev–Trinajstić information content (AvgIpc) is 3.10. The summed E-state index contributed by atoms with van der Waals surface area (Å²) in [5.41, 5.74) is -3.92. The summed E-state index contributed by atoms with van der Waals surface area (Å²) in [6.45, 7) is 3.41. The minimum atomic E-state index is -4.91. The van der Waals surface area contributed by atoms with Crippen LogP contribution in [0.2, 0.25) is 0 Å². The molecule has 0 fully saturated rings. The third-order valence-corrected chi connectivity index (χ3v) is 7.02. The molecule has 0 saturated heterocycles. The molecule has 2 aromatic carbocycles. The van der Waals surface area contributed by atoms with Crippen LogP contribution in [-0.4, -0.2) is 53.4 Å². The van der Waals surface area contributed by atoms with E-state index in [1.165, 1.54) is 49.1 Å². The van der Waals surface area contributed by atoms with Gasteiger partial charge in [-0.2, -0.15) is 13.2 Å². The highest BCUT2D eigenvalue weighted by atomic mass is 32.2. The smallest absolute Gasteiger partial charge is 0.390 e. The Morgan fingerprint density at radius 1 is 1.06 bits per heavy atom. The van der Waals surface area contributed by atoms with Crippen LogP contribution in [0.25, 0.3) is 0 Å². The van der Waals surface area contributed by atoms with Gasteiger partial charge in [-0.3, -0.25) is 9.59 Å². The summed E-state index contributed by atoms with van der Waals surface area (Å²) in [7, 11) is -3.55. The predicted octanol–water partition coefficient (Wildman–Crippen LogP) is 3.04. The molecular formula is C24H27F3N2O6S.